The van der Waals surface area contributed by atoms with E-state index >= 15 is 0 Å². The number of benzene rings is 3. The molecule has 2 amide bonds. The Morgan fingerprint density at radius 2 is 1.46 bits per heavy atom. The molecule has 11 heteroatoms. The predicted octanol–water partition coefficient (Wildman–Crippen LogP) is 6.17. The number of rotatable bonds is 11. The van der Waals surface area contributed by atoms with Crippen molar-refractivity contribution in [3.63, 3.8) is 0 Å². The van der Waals surface area contributed by atoms with Crippen molar-refractivity contribution in [1.29, 1.82) is 0 Å². The molecule has 0 saturated heterocycles. The Morgan fingerprint density at radius 1 is 0.872 bits per heavy atom. The Labute approximate surface area is 244 Å². The van der Waals surface area contributed by atoms with Crippen molar-refractivity contribution >= 4 is 62.3 Å². The van der Waals surface area contributed by atoms with Crippen LogP contribution in [0.15, 0.2) is 77.7 Å². The van der Waals surface area contributed by atoms with Crippen molar-refractivity contribution in [3.8, 4) is 0 Å². The normalized spacial score (nSPS) is 12.2. The number of anilines is 1. The van der Waals surface area contributed by atoms with Crippen LogP contribution in [0.2, 0.25) is 15.1 Å². The highest BCUT2D eigenvalue weighted by atomic mass is 35.5. The summed E-state index contributed by atoms with van der Waals surface area (Å²) in [6, 6.07) is 18.0. The minimum atomic E-state index is -4.22. The number of amides is 2. The van der Waals surface area contributed by atoms with Crippen molar-refractivity contribution in [2.24, 2.45) is 0 Å². The minimum absolute atomic E-state index is 0.0114. The van der Waals surface area contributed by atoms with E-state index in [0.29, 0.717) is 11.4 Å². The summed E-state index contributed by atoms with van der Waals surface area (Å²) in [4.78, 5) is 28.5. The van der Waals surface area contributed by atoms with E-state index in [2.05, 4.69) is 5.32 Å². The number of hydrogen-bond donors (Lipinski definition) is 1. The average molecular weight is 611 g/mol. The van der Waals surface area contributed by atoms with Crippen molar-refractivity contribution in [2.45, 2.75) is 50.7 Å². The molecule has 0 fully saturated rings. The number of sulfonamides is 1. The Hall–Kier alpha value is -2.78. The molecular formula is C28H30Cl3N3O4S. The summed E-state index contributed by atoms with van der Waals surface area (Å²) in [5.41, 5.74) is 0.850. The quantitative estimate of drug-likeness (QED) is 0.281. The van der Waals surface area contributed by atoms with Gasteiger partial charge >= 0.3 is 0 Å². The van der Waals surface area contributed by atoms with Crippen LogP contribution < -0.4 is 9.62 Å². The zero-order chi connectivity index (χ0) is 28.7. The summed E-state index contributed by atoms with van der Waals surface area (Å²) >= 11 is 18.5. The first kappa shape index (κ1) is 30.8. The Balaban J connectivity index is 2.08. The fourth-order valence-electron chi connectivity index (χ4n) is 4.02. The summed E-state index contributed by atoms with van der Waals surface area (Å²) < 4.78 is 28.6. The molecule has 3 rings (SSSR count). The largest absolute Gasteiger partial charge is 0.352 e. The van der Waals surface area contributed by atoms with Crippen LogP contribution in [-0.2, 0) is 26.2 Å². The van der Waals surface area contributed by atoms with E-state index in [1.54, 1.807) is 49.4 Å². The zero-order valence-electron chi connectivity index (χ0n) is 21.8. The molecule has 0 saturated carbocycles. The van der Waals surface area contributed by atoms with Crippen molar-refractivity contribution < 1.29 is 18.0 Å². The summed E-state index contributed by atoms with van der Waals surface area (Å²) in [5, 5.41) is 3.80. The number of nitrogens with one attached hydrogen (secondary N) is 1. The van der Waals surface area contributed by atoms with Crippen molar-refractivity contribution in [3.05, 3.63) is 93.4 Å². The standard InChI is InChI=1S/C28H30Cl3N3O4S/c1-4-26(28(36)32-19(2)3)33(17-20-10-12-21(29)13-11-20)27(35)18-34(24-15-22(30)14-23(31)16-24)39(37,38)25-8-6-5-7-9-25/h5-16,19,26H,4,17-18H2,1-3H3,(H,32,36)/t26-/m1/s1. The van der Waals surface area contributed by atoms with Crippen LogP contribution >= 0.6 is 34.8 Å². The first-order valence-corrected chi connectivity index (χ1v) is 14.9. The van der Waals surface area contributed by atoms with Gasteiger partial charge in [-0.1, -0.05) is 72.1 Å². The van der Waals surface area contributed by atoms with Gasteiger partial charge in [0.1, 0.15) is 12.6 Å². The van der Waals surface area contributed by atoms with Gasteiger partial charge in [0.2, 0.25) is 11.8 Å². The maximum atomic E-state index is 14.0. The van der Waals surface area contributed by atoms with Gasteiger partial charge in [-0.05, 0) is 68.3 Å². The van der Waals surface area contributed by atoms with Crippen LogP contribution in [0.1, 0.15) is 32.8 Å². The highest BCUT2D eigenvalue weighted by Gasteiger charge is 2.34. The molecular weight excluding hydrogens is 581 g/mol. The lowest BCUT2D eigenvalue weighted by molar-refractivity contribution is -0.140. The van der Waals surface area contributed by atoms with E-state index in [0.717, 1.165) is 9.87 Å². The van der Waals surface area contributed by atoms with Gasteiger partial charge in [0.25, 0.3) is 10.0 Å². The minimum Gasteiger partial charge on any atom is -0.352 e. The van der Waals surface area contributed by atoms with Crippen molar-refractivity contribution in [2.75, 3.05) is 10.8 Å². The second-order valence-electron chi connectivity index (χ2n) is 9.19. The first-order chi connectivity index (χ1) is 18.4. The van der Waals surface area contributed by atoms with Gasteiger partial charge in [-0.3, -0.25) is 13.9 Å². The van der Waals surface area contributed by atoms with E-state index in [-0.39, 0.29) is 39.1 Å². The second-order valence-corrected chi connectivity index (χ2v) is 12.4. The monoisotopic (exact) mass is 609 g/mol. The molecule has 0 bridgehead atoms. The molecule has 0 aliphatic carbocycles. The van der Waals surface area contributed by atoms with Gasteiger partial charge < -0.3 is 10.2 Å². The van der Waals surface area contributed by atoms with E-state index in [4.69, 9.17) is 34.8 Å². The number of carbonyl (C=O) groups excluding carboxylic acids is 2. The van der Waals surface area contributed by atoms with Crippen LogP contribution in [0, 0.1) is 0 Å². The van der Waals surface area contributed by atoms with Crippen LogP contribution in [-0.4, -0.2) is 43.8 Å². The molecule has 0 spiro atoms. The molecule has 0 radical (unpaired) electrons. The molecule has 7 nitrogen and oxygen atoms in total. The third kappa shape index (κ3) is 8.11. The topological polar surface area (TPSA) is 86.8 Å². The van der Waals surface area contributed by atoms with Gasteiger partial charge in [-0.15, -0.1) is 0 Å². The van der Waals surface area contributed by atoms with Crippen molar-refractivity contribution in [1.82, 2.24) is 10.2 Å². The predicted molar refractivity (Wildman–Crippen MR) is 157 cm³/mol. The third-order valence-corrected chi connectivity index (χ3v) is 8.30. The van der Waals surface area contributed by atoms with Crippen LogP contribution in [0.25, 0.3) is 0 Å². The van der Waals surface area contributed by atoms with Gasteiger partial charge in [-0.2, -0.15) is 0 Å². The summed E-state index contributed by atoms with van der Waals surface area (Å²) in [6.07, 6.45) is 0.312. The molecule has 3 aromatic carbocycles. The first-order valence-electron chi connectivity index (χ1n) is 12.3. The van der Waals surface area contributed by atoms with E-state index < -0.39 is 28.5 Å². The SMILES string of the molecule is CC[C@H](C(=O)NC(C)C)N(Cc1ccc(Cl)cc1)C(=O)CN(c1cc(Cl)cc(Cl)c1)S(=O)(=O)c1ccccc1. The number of carbonyl (C=O) groups is 2. The van der Waals surface area contributed by atoms with Gasteiger partial charge in [0, 0.05) is 27.7 Å². The highest BCUT2D eigenvalue weighted by molar-refractivity contribution is 7.92. The zero-order valence-corrected chi connectivity index (χ0v) is 24.9. The Morgan fingerprint density at radius 3 is 2.00 bits per heavy atom. The van der Waals surface area contributed by atoms with Gasteiger partial charge in [-0.25, -0.2) is 8.42 Å². The van der Waals surface area contributed by atoms with Gasteiger partial charge in [0.15, 0.2) is 0 Å². The smallest absolute Gasteiger partial charge is 0.264 e. The Kier molecular flexibility index (Phi) is 10.7. The molecule has 0 unspecified atom stereocenters. The van der Waals surface area contributed by atoms with E-state index in [9.17, 15) is 18.0 Å². The van der Waals surface area contributed by atoms with Crippen LogP contribution in [0.3, 0.4) is 0 Å². The molecule has 39 heavy (non-hydrogen) atoms. The summed E-state index contributed by atoms with van der Waals surface area (Å²) in [7, 11) is -4.22. The highest BCUT2D eigenvalue weighted by Crippen LogP contribution is 2.30. The lowest BCUT2D eigenvalue weighted by atomic mass is 10.1. The lowest BCUT2D eigenvalue weighted by Gasteiger charge is -2.33. The Bertz CT molecular complexity index is 1380. The van der Waals surface area contributed by atoms with Crippen LogP contribution in [0.4, 0.5) is 5.69 Å². The average Bonchev–Trinajstić information content (AvgIpc) is 2.87. The third-order valence-electron chi connectivity index (χ3n) is 5.83. The number of halogens is 3. The fourth-order valence-corrected chi connectivity index (χ4v) is 6.08. The fraction of sp³-hybridized carbons (Fsp3) is 0.286. The second kappa shape index (κ2) is 13.5. The maximum Gasteiger partial charge on any atom is 0.264 e. The molecule has 3 aromatic rings. The molecule has 0 aliphatic rings. The van der Waals surface area contributed by atoms with Gasteiger partial charge in [0.05, 0.1) is 10.6 Å². The molecule has 208 valence electrons. The van der Waals surface area contributed by atoms with E-state index in [1.807, 2.05) is 13.8 Å². The summed E-state index contributed by atoms with van der Waals surface area (Å²) in [6.45, 7) is 4.92. The lowest BCUT2D eigenvalue weighted by Crippen LogP contribution is -2.53. The maximum absolute atomic E-state index is 14.0. The molecule has 1 N–H and O–H groups in total. The summed E-state index contributed by atoms with van der Waals surface area (Å²) in [5.74, 6) is -0.913. The number of nitrogens with zero attached hydrogens (tertiary/aromatic N) is 2. The number of hydrogen-bond acceptors (Lipinski definition) is 4. The van der Waals surface area contributed by atoms with E-state index in [1.165, 1.54) is 35.2 Å². The molecule has 1 atom stereocenters. The molecule has 0 heterocycles. The molecule has 0 aromatic heterocycles. The van der Waals surface area contributed by atoms with Crippen LogP contribution in [0.5, 0.6) is 0 Å². The molecule has 0 aliphatic heterocycles.